The highest BCUT2D eigenvalue weighted by Crippen LogP contribution is 2.33. The van der Waals surface area contributed by atoms with Gasteiger partial charge in [-0.15, -0.1) is 21.5 Å². The predicted molar refractivity (Wildman–Crippen MR) is 123 cm³/mol. The van der Waals surface area contributed by atoms with Gasteiger partial charge in [0.05, 0.1) is 23.5 Å². The number of rotatable bonds is 5. The van der Waals surface area contributed by atoms with Crippen molar-refractivity contribution in [2.24, 2.45) is 0 Å². The Balaban J connectivity index is 1.47. The van der Waals surface area contributed by atoms with Crippen molar-refractivity contribution < 1.29 is 9.53 Å². The first-order chi connectivity index (χ1) is 15.1. The molecular weight excluding hydrogens is 434 g/mol. The van der Waals surface area contributed by atoms with Crippen LogP contribution in [0.15, 0.2) is 39.6 Å². The van der Waals surface area contributed by atoms with Crippen LogP contribution in [0.3, 0.4) is 0 Å². The molecule has 1 aliphatic rings. The molecule has 0 unspecified atom stereocenters. The lowest BCUT2D eigenvalue weighted by Crippen LogP contribution is -2.39. The molecule has 5 rings (SSSR count). The van der Waals surface area contributed by atoms with Crippen molar-refractivity contribution in [1.82, 2.24) is 19.2 Å². The number of hydrogen-bond donors (Lipinski definition) is 0. The number of aromatic nitrogens is 4. The second-order valence-electron chi connectivity index (χ2n) is 7.36. The number of thioether (sulfide) groups is 1. The van der Waals surface area contributed by atoms with Crippen LogP contribution in [-0.4, -0.2) is 44.0 Å². The van der Waals surface area contributed by atoms with Gasteiger partial charge in [0.1, 0.15) is 17.1 Å². The van der Waals surface area contributed by atoms with E-state index in [-0.39, 0.29) is 17.2 Å². The normalized spacial score (nSPS) is 13.5. The van der Waals surface area contributed by atoms with Gasteiger partial charge in [-0.1, -0.05) is 24.8 Å². The van der Waals surface area contributed by atoms with Crippen molar-refractivity contribution in [1.29, 1.82) is 0 Å². The fraction of sp³-hybridized carbons (Fsp3) is 0.333. The summed E-state index contributed by atoms with van der Waals surface area (Å²) in [5, 5.41) is 11.1. The second kappa shape index (κ2) is 8.01. The van der Waals surface area contributed by atoms with Crippen molar-refractivity contribution in [3.63, 3.8) is 0 Å². The molecule has 8 nitrogen and oxygen atoms in total. The van der Waals surface area contributed by atoms with Gasteiger partial charge in [0.15, 0.2) is 5.16 Å². The molecule has 10 heteroatoms. The van der Waals surface area contributed by atoms with Gasteiger partial charge in [0.2, 0.25) is 11.7 Å². The van der Waals surface area contributed by atoms with E-state index in [1.165, 1.54) is 23.1 Å². The van der Waals surface area contributed by atoms with Crippen LogP contribution in [-0.2, 0) is 11.3 Å². The first kappa shape index (κ1) is 20.1. The molecule has 0 saturated heterocycles. The summed E-state index contributed by atoms with van der Waals surface area (Å²) in [5.41, 5.74) is 2.62. The molecule has 0 atom stereocenters. The first-order valence-electron chi connectivity index (χ1n) is 10.1. The molecule has 0 spiro atoms. The third-order valence-corrected chi connectivity index (χ3v) is 7.04. The molecule has 0 radical (unpaired) electrons. The van der Waals surface area contributed by atoms with Crippen molar-refractivity contribution in [2.45, 2.75) is 32.0 Å². The lowest BCUT2D eigenvalue weighted by atomic mass is 10.1. The summed E-state index contributed by atoms with van der Waals surface area (Å²) in [5.74, 6) is 1.44. The van der Waals surface area contributed by atoms with Gasteiger partial charge in [-0.3, -0.25) is 18.6 Å². The monoisotopic (exact) mass is 455 g/mol. The summed E-state index contributed by atoms with van der Waals surface area (Å²) in [6.07, 6.45) is 0.816. The summed E-state index contributed by atoms with van der Waals surface area (Å²) >= 11 is 2.75. The standard InChI is InChI=1S/C21H21N5O3S2/c1-3-7-25-19(28)18-14(6-10-30-18)26-20(25)22-23-21(26)31-12-17(27)24-8-9-29-16-5-4-13(2)11-15(16)24/h4-6,10-11H,3,7-9,12H2,1-2H3. The zero-order valence-electron chi connectivity index (χ0n) is 17.2. The minimum atomic E-state index is -0.0420. The third-order valence-electron chi connectivity index (χ3n) is 5.23. The molecule has 0 bridgehead atoms. The number of carbonyl (C=O) groups is 1. The Morgan fingerprint density at radius 1 is 1.29 bits per heavy atom. The molecule has 0 N–H and O–H groups in total. The smallest absolute Gasteiger partial charge is 0.272 e. The summed E-state index contributed by atoms with van der Waals surface area (Å²) < 4.78 is 9.92. The van der Waals surface area contributed by atoms with Crippen LogP contribution in [0.2, 0.25) is 0 Å². The molecule has 4 heterocycles. The minimum Gasteiger partial charge on any atom is -0.490 e. The van der Waals surface area contributed by atoms with E-state index in [1.807, 2.05) is 47.9 Å². The molecule has 3 aromatic heterocycles. The average molecular weight is 456 g/mol. The van der Waals surface area contributed by atoms with E-state index >= 15 is 0 Å². The fourth-order valence-corrected chi connectivity index (χ4v) is 5.45. The predicted octanol–water partition coefficient (Wildman–Crippen LogP) is 3.34. The van der Waals surface area contributed by atoms with Crippen LogP contribution in [0.4, 0.5) is 5.69 Å². The molecule has 0 fully saturated rings. The van der Waals surface area contributed by atoms with Gasteiger partial charge < -0.3 is 9.64 Å². The Morgan fingerprint density at radius 3 is 3.00 bits per heavy atom. The fourth-order valence-electron chi connectivity index (χ4n) is 3.81. The minimum absolute atomic E-state index is 0.0136. The van der Waals surface area contributed by atoms with E-state index in [0.717, 1.165) is 28.9 Å². The number of anilines is 1. The molecule has 0 aliphatic carbocycles. The Kier molecular flexibility index (Phi) is 5.19. The quantitative estimate of drug-likeness (QED) is 0.429. The van der Waals surface area contributed by atoms with Crippen LogP contribution in [0.5, 0.6) is 5.75 Å². The third kappa shape index (κ3) is 3.39. The largest absolute Gasteiger partial charge is 0.490 e. The molecule has 0 saturated carbocycles. The maximum Gasteiger partial charge on any atom is 0.272 e. The Bertz CT molecular complexity index is 1360. The summed E-state index contributed by atoms with van der Waals surface area (Å²) in [4.78, 5) is 27.7. The molecule has 4 aromatic rings. The van der Waals surface area contributed by atoms with E-state index in [1.54, 1.807) is 9.47 Å². The SMILES string of the molecule is CCCn1c(=O)c2sccc2n2c(SCC(=O)N3CCOc4ccc(C)cc43)nnc12. The molecule has 1 amide bonds. The van der Waals surface area contributed by atoms with E-state index in [0.29, 0.717) is 35.3 Å². The number of benzene rings is 1. The van der Waals surface area contributed by atoms with Gasteiger partial charge in [0, 0.05) is 6.54 Å². The topological polar surface area (TPSA) is 81.7 Å². The number of aryl methyl sites for hydroxylation is 2. The maximum absolute atomic E-state index is 13.1. The van der Waals surface area contributed by atoms with E-state index in [4.69, 9.17) is 4.74 Å². The second-order valence-corrected chi connectivity index (χ2v) is 9.22. The van der Waals surface area contributed by atoms with Crippen LogP contribution in [0.1, 0.15) is 18.9 Å². The highest BCUT2D eigenvalue weighted by molar-refractivity contribution is 7.99. The van der Waals surface area contributed by atoms with E-state index in [2.05, 4.69) is 10.2 Å². The number of carbonyl (C=O) groups excluding carboxylic acids is 1. The number of fused-ring (bicyclic) bond motifs is 4. The first-order valence-corrected chi connectivity index (χ1v) is 12.0. The average Bonchev–Trinajstić information content (AvgIpc) is 3.41. The number of nitrogens with zero attached hydrogens (tertiary/aromatic N) is 5. The van der Waals surface area contributed by atoms with Crippen LogP contribution in [0, 0.1) is 6.92 Å². The highest BCUT2D eigenvalue weighted by atomic mass is 32.2. The number of amides is 1. The number of hydrogen-bond acceptors (Lipinski definition) is 7. The molecule has 1 aromatic carbocycles. The van der Waals surface area contributed by atoms with Gasteiger partial charge in [-0.05, 0) is 42.5 Å². The van der Waals surface area contributed by atoms with Crippen molar-refractivity contribution in [3.8, 4) is 5.75 Å². The maximum atomic E-state index is 13.1. The number of thiophene rings is 1. The Morgan fingerprint density at radius 2 is 2.16 bits per heavy atom. The summed E-state index contributed by atoms with van der Waals surface area (Å²) in [7, 11) is 0. The lowest BCUT2D eigenvalue weighted by Gasteiger charge is -2.29. The highest BCUT2D eigenvalue weighted by Gasteiger charge is 2.25. The molecular formula is C21H21N5O3S2. The van der Waals surface area contributed by atoms with Gasteiger partial charge in [-0.25, -0.2) is 0 Å². The molecule has 1 aliphatic heterocycles. The van der Waals surface area contributed by atoms with Crippen LogP contribution in [0.25, 0.3) is 16.0 Å². The summed E-state index contributed by atoms with van der Waals surface area (Å²) in [6, 6.07) is 7.76. The number of ether oxygens (including phenoxy) is 1. The van der Waals surface area contributed by atoms with Gasteiger partial charge in [-0.2, -0.15) is 0 Å². The van der Waals surface area contributed by atoms with Crippen molar-refractivity contribution >= 4 is 50.7 Å². The molecule has 160 valence electrons. The zero-order chi connectivity index (χ0) is 21.5. The van der Waals surface area contributed by atoms with Crippen molar-refractivity contribution in [2.75, 3.05) is 23.8 Å². The van der Waals surface area contributed by atoms with E-state index < -0.39 is 0 Å². The van der Waals surface area contributed by atoms with Crippen LogP contribution < -0.4 is 15.2 Å². The lowest BCUT2D eigenvalue weighted by molar-refractivity contribution is -0.116. The molecule has 31 heavy (non-hydrogen) atoms. The summed E-state index contributed by atoms with van der Waals surface area (Å²) in [6.45, 7) is 5.58. The Labute approximate surface area is 186 Å². The van der Waals surface area contributed by atoms with E-state index in [9.17, 15) is 9.59 Å². The zero-order valence-corrected chi connectivity index (χ0v) is 18.8. The Hall–Kier alpha value is -2.85. The van der Waals surface area contributed by atoms with Gasteiger partial charge >= 0.3 is 0 Å². The van der Waals surface area contributed by atoms with Gasteiger partial charge in [0.25, 0.3) is 5.56 Å². The van der Waals surface area contributed by atoms with Crippen LogP contribution >= 0.6 is 23.1 Å². The van der Waals surface area contributed by atoms with Crippen molar-refractivity contribution in [3.05, 3.63) is 45.6 Å².